The molecule has 34 heavy (non-hydrogen) atoms. The van der Waals surface area contributed by atoms with Crippen molar-refractivity contribution >= 4 is 32.6 Å². The summed E-state index contributed by atoms with van der Waals surface area (Å²) in [6.07, 6.45) is 4.49. The molecule has 6 rings (SSSR count). The van der Waals surface area contributed by atoms with Crippen molar-refractivity contribution in [2.45, 2.75) is 39.4 Å². The summed E-state index contributed by atoms with van der Waals surface area (Å²) in [6, 6.07) is 9.93. The third kappa shape index (κ3) is 3.35. The van der Waals surface area contributed by atoms with Crippen LogP contribution in [0.25, 0.3) is 17.0 Å². The Labute approximate surface area is 198 Å². The molecule has 1 unspecified atom stereocenters. The number of ether oxygens (including phenoxy) is 2. The van der Waals surface area contributed by atoms with Crippen molar-refractivity contribution < 1.29 is 22.7 Å². The molecule has 4 heterocycles. The fraction of sp³-hybridized carbons (Fsp3) is 0.346. The summed E-state index contributed by atoms with van der Waals surface area (Å²) in [5.41, 5.74) is 4.30. The number of sulfone groups is 1. The van der Waals surface area contributed by atoms with Crippen molar-refractivity contribution in [2.24, 2.45) is 0 Å². The zero-order chi connectivity index (χ0) is 23.6. The van der Waals surface area contributed by atoms with Gasteiger partial charge in [0.25, 0.3) is 0 Å². The van der Waals surface area contributed by atoms with E-state index in [1.807, 2.05) is 37.4 Å². The van der Waals surface area contributed by atoms with Crippen LogP contribution in [0.3, 0.4) is 0 Å². The van der Waals surface area contributed by atoms with Crippen molar-refractivity contribution in [3.63, 3.8) is 0 Å². The Hall–Kier alpha value is -3.10. The minimum atomic E-state index is -2.98. The molecule has 0 aliphatic carbocycles. The molecule has 8 heteroatoms. The van der Waals surface area contributed by atoms with E-state index in [9.17, 15) is 13.2 Å². The number of fused-ring (bicyclic) bond motifs is 3. The van der Waals surface area contributed by atoms with Gasteiger partial charge in [0.15, 0.2) is 15.6 Å². The minimum absolute atomic E-state index is 0.0509. The number of ketones is 1. The van der Waals surface area contributed by atoms with Crippen LogP contribution in [0.2, 0.25) is 0 Å². The number of para-hydroxylation sites is 1. The van der Waals surface area contributed by atoms with Crippen LogP contribution >= 0.6 is 0 Å². The predicted octanol–water partition coefficient (Wildman–Crippen LogP) is 3.92. The highest BCUT2D eigenvalue weighted by Crippen LogP contribution is 2.44. The third-order valence-electron chi connectivity index (χ3n) is 7.14. The number of carbonyl (C=O) groups is 1. The van der Waals surface area contributed by atoms with E-state index in [0.717, 1.165) is 39.9 Å². The molecule has 3 aromatic rings. The Morgan fingerprint density at radius 3 is 2.79 bits per heavy atom. The molecule has 3 aliphatic heterocycles. The van der Waals surface area contributed by atoms with E-state index in [2.05, 4.69) is 28.5 Å². The van der Waals surface area contributed by atoms with Gasteiger partial charge in [-0.3, -0.25) is 9.69 Å². The maximum atomic E-state index is 13.3. The molecule has 176 valence electrons. The average molecular weight is 479 g/mol. The first-order valence-corrected chi connectivity index (χ1v) is 13.4. The van der Waals surface area contributed by atoms with Crippen molar-refractivity contribution in [1.29, 1.82) is 0 Å². The second-order valence-electron chi connectivity index (χ2n) is 9.27. The maximum Gasteiger partial charge on any atom is 0.231 e. The second-order valence-corrected chi connectivity index (χ2v) is 11.5. The molecule has 0 bridgehead atoms. The summed E-state index contributed by atoms with van der Waals surface area (Å²) < 4.78 is 38.2. The van der Waals surface area contributed by atoms with Crippen molar-refractivity contribution in [3.8, 4) is 11.5 Å². The van der Waals surface area contributed by atoms with E-state index >= 15 is 0 Å². The fourth-order valence-corrected chi connectivity index (χ4v) is 7.12. The van der Waals surface area contributed by atoms with Gasteiger partial charge in [-0.2, -0.15) is 0 Å². The molecule has 0 N–H and O–H groups in total. The van der Waals surface area contributed by atoms with Crippen LogP contribution in [-0.2, 0) is 22.9 Å². The van der Waals surface area contributed by atoms with Crippen molar-refractivity contribution in [2.75, 3.05) is 18.2 Å². The highest BCUT2D eigenvalue weighted by molar-refractivity contribution is 7.91. The number of benzene rings is 2. The number of rotatable bonds is 3. The highest BCUT2D eigenvalue weighted by atomic mass is 32.2. The van der Waals surface area contributed by atoms with Crippen LogP contribution < -0.4 is 9.47 Å². The summed E-state index contributed by atoms with van der Waals surface area (Å²) in [5, 5.41) is 1.07. The summed E-state index contributed by atoms with van der Waals surface area (Å²) in [5.74, 6) is 1.82. The summed E-state index contributed by atoms with van der Waals surface area (Å²) >= 11 is 0. The number of hydrogen-bond donors (Lipinski definition) is 0. The monoisotopic (exact) mass is 478 g/mol. The zero-order valence-corrected chi connectivity index (χ0v) is 20.0. The quantitative estimate of drug-likeness (QED) is 0.531. The molecule has 1 atom stereocenters. The molecule has 0 saturated carbocycles. The number of aryl methyl sites for hydroxylation is 1. The van der Waals surface area contributed by atoms with Gasteiger partial charge in [-0.25, -0.2) is 8.42 Å². The van der Waals surface area contributed by atoms with Gasteiger partial charge < -0.3 is 14.0 Å². The van der Waals surface area contributed by atoms with Gasteiger partial charge in [0, 0.05) is 52.9 Å². The third-order valence-corrected chi connectivity index (χ3v) is 8.89. The number of allylic oxidation sites excluding steroid dienone is 1. The Morgan fingerprint density at radius 2 is 2.03 bits per heavy atom. The Bertz CT molecular complexity index is 1480. The van der Waals surface area contributed by atoms with Crippen LogP contribution in [0.1, 0.15) is 40.4 Å². The van der Waals surface area contributed by atoms with Gasteiger partial charge in [0.05, 0.1) is 17.1 Å². The van der Waals surface area contributed by atoms with Crippen molar-refractivity contribution in [3.05, 3.63) is 64.5 Å². The normalized spacial score (nSPS) is 22.6. The number of carbonyl (C=O) groups excluding carboxylic acids is 1. The maximum absolute atomic E-state index is 13.3. The molecular weight excluding hydrogens is 452 g/mol. The van der Waals surface area contributed by atoms with Gasteiger partial charge in [0.2, 0.25) is 5.78 Å². The van der Waals surface area contributed by atoms with Gasteiger partial charge in [-0.05, 0) is 38.5 Å². The molecule has 3 aliphatic rings. The summed E-state index contributed by atoms with van der Waals surface area (Å²) in [7, 11) is -2.98. The minimum Gasteiger partial charge on any atom is -0.477 e. The standard InChI is InChI=1S/C26H26N2O5S/c1-3-27-12-17(20-6-4-5-7-22(20)27)11-23-24(29)21-10-18-13-28(19-8-9-34(30,31)14-19)15-32-25(18)16(2)26(21)33-23/h4-7,10-12,19H,3,8-9,13-15H2,1-2H3/b23-11-. The van der Waals surface area contributed by atoms with Crippen molar-refractivity contribution in [1.82, 2.24) is 9.47 Å². The van der Waals surface area contributed by atoms with Crippen LogP contribution in [0.15, 0.2) is 42.3 Å². The number of hydrogen-bond acceptors (Lipinski definition) is 6. The Balaban J connectivity index is 1.34. The lowest BCUT2D eigenvalue weighted by atomic mass is 9.99. The second kappa shape index (κ2) is 7.71. The van der Waals surface area contributed by atoms with Crippen LogP contribution in [-0.4, -0.2) is 47.9 Å². The highest BCUT2D eigenvalue weighted by Gasteiger charge is 2.37. The van der Waals surface area contributed by atoms with Gasteiger partial charge in [-0.1, -0.05) is 18.2 Å². The molecule has 0 amide bonds. The lowest BCUT2D eigenvalue weighted by Gasteiger charge is -2.33. The molecular formula is C26H26N2O5S. The summed E-state index contributed by atoms with van der Waals surface area (Å²) in [6.45, 7) is 5.72. The smallest absolute Gasteiger partial charge is 0.231 e. The van der Waals surface area contributed by atoms with E-state index in [1.54, 1.807) is 0 Å². The molecule has 0 spiro atoms. The Kier molecular flexibility index (Phi) is 4.86. The molecule has 1 saturated heterocycles. The average Bonchev–Trinajstić information content (AvgIpc) is 3.48. The first-order valence-electron chi connectivity index (χ1n) is 11.6. The van der Waals surface area contributed by atoms with E-state index in [1.165, 1.54) is 0 Å². The molecule has 2 aromatic carbocycles. The largest absolute Gasteiger partial charge is 0.477 e. The molecule has 7 nitrogen and oxygen atoms in total. The summed E-state index contributed by atoms with van der Waals surface area (Å²) in [4.78, 5) is 15.4. The lowest BCUT2D eigenvalue weighted by Crippen LogP contribution is -2.41. The van der Waals surface area contributed by atoms with E-state index in [4.69, 9.17) is 9.47 Å². The first-order chi connectivity index (χ1) is 16.3. The fourth-order valence-electron chi connectivity index (χ4n) is 5.36. The number of Topliss-reactive ketones (excluding diaryl/α,β-unsaturated/α-hetero) is 1. The van der Waals surface area contributed by atoms with Crippen LogP contribution in [0.5, 0.6) is 11.5 Å². The van der Waals surface area contributed by atoms with E-state index < -0.39 is 9.84 Å². The number of nitrogens with zero attached hydrogens (tertiary/aromatic N) is 2. The van der Waals surface area contributed by atoms with Crippen LogP contribution in [0, 0.1) is 6.92 Å². The van der Waals surface area contributed by atoms with E-state index in [-0.39, 0.29) is 23.3 Å². The van der Waals surface area contributed by atoms with Gasteiger partial charge in [-0.15, -0.1) is 0 Å². The SMILES string of the molecule is CCn1cc(/C=C2\Oc3c(cc4c(c3C)OCN(C3CCS(=O)(=O)C3)C4)C2=O)c2ccccc21. The van der Waals surface area contributed by atoms with Crippen LogP contribution in [0.4, 0.5) is 0 Å². The lowest BCUT2D eigenvalue weighted by molar-refractivity contribution is 0.0637. The zero-order valence-electron chi connectivity index (χ0n) is 19.2. The van der Waals surface area contributed by atoms with Gasteiger partial charge >= 0.3 is 0 Å². The topological polar surface area (TPSA) is 77.8 Å². The predicted molar refractivity (Wildman–Crippen MR) is 130 cm³/mol. The molecule has 0 radical (unpaired) electrons. The first kappa shape index (κ1) is 21.4. The molecule has 1 aromatic heterocycles. The van der Waals surface area contributed by atoms with E-state index in [0.29, 0.717) is 36.8 Å². The Morgan fingerprint density at radius 1 is 1.21 bits per heavy atom. The van der Waals surface area contributed by atoms with Gasteiger partial charge in [0.1, 0.15) is 18.2 Å². The molecule has 1 fully saturated rings. The number of aromatic nitrogens is 1.